The van der Waals surface area contributed by atoms with Crippen molar-refractivity contribution in [3.05, 3.63) is 48.6 Å². The summed E-state index contributed by atoms with van der Waals surface area (Å²) in [4.78, 5) is 10.2. The normalized spacial score (nSPS) is 14.0. The molecule has 118 valence electrons. The van der Waals surface area contributed by atoms with Gasteiger partial charge in [-0.25, -0.2) is 0 Å². The summed E-state index contributed by atoms with van der Waals surface area (Å²) in [6, 6.07) is 0. The van der Waals surface area contributed by atoms with Crippen LogP contribution in [0.1, 0.15) is 51.9 Å². The molecule has 0 spiro atoms. The number of rotatable bonds is 12. The van der Waals surface area contributed by atoms with Crippen LogP contribution in [0.5, 0.6) is 0 Å². The molecular weight excluding hydrogens is 264 g/mol. The van der Waals surface area contributed by atoms with Crippen molar-refractivity contribution in [2.75, 3.05) is 0 Å². The first-order chi connectivity index (χ1) is 10.2. The molecule has 0 fully saturated rings. The van der Waals surface area contributed by atoms with E-state index in [4.69, 9.17) is 0 Å². The fraction of sp³-hybridized carbons (Fsp3) is 0.500. The van der Waals surface area contributed by atoms with Crippen LogP contribution in [0, 0.1) is 0 Å². The van der Waals surface area contributed by atoms with Crippen LogP contribution in [0.15, 0.2) is 48.6 Å². The molecule has 0 aromatic heterocycles. The number of carbonyl (C=O) groups is 1. The largest absolute Gasteiger partial charge is 0.550 e. The molecule has 0 aliphatic rings. The molecule has 21 heavy (non-hydrogen) atoms. The van der Waals surface area contributed by atoms with Crippen molar-refractivity contribution in [2.45, 2.75) is 58.0 Å². The Hall–Kier alpha value is -1.61. The van der Waals surface area contributed by atoms with Crippen LogP contribution < -0.4 is 5.11 Å². The third kappa shape index (κ3) is 16.3. The second-order valence-corrected chi connectivity index (χ2v) is 4.82. The van der Waals surface area contributed by atoms with Crippen LogP contribution in [0.25, 0.3) is 0 Å². The van der Waals surface area contributed by atoms with E-state index < -0.39 is 12.1 Å². The van der Waals surface area contributed by atoms with Gasteiger partial charge in [-0.1, -0.05) is 62.0 Å². The molecule has 0 saturated carbocycles. The number of allylic oxidation sites excluding steroid dienone is 7. The molecule has 1 unspecified atom stereocenters. The predicted molar refractivity (Wildman–Crippen MR) is 85.6 cm³/mol. The van der Waals surface area contributed by atoms with Crippen molar-refractivity contribution < 1.29 is 15.0 Å². The second kappa shape index (κ2) is 14.8. The van der Waals surface area contributed by atoms with E-state index in [1.54, 1.807) is 6.08 Å². The quantitative estimate of drug-likeness (QED) is 0.341. The van der Waals surface area contributed by atoms with Crippen LogP contribution >= 0.6 is 0 Å². The van der Waals surface area contributed by atoms with E-state index in [-0.39, 0.29) is 6.42 Å². The van der Waals surface area contributed by atoms with E-state index >= 15 is 0 Å². The molecule has 3 heteroatoms. The number of hydrogen-bond donors (Lipinski definition) is 1. The van der Waals surface area contributed by atoms with Crippen molar-refractivity contribution in [3.8, 4) is 0 Å². The van der Waals surface area contributed by atoms with Gasteiger partial charge in [0.1, 0.15) is 0 Å². The summed E-state index contributed by atoms with van der Waals surface area (Å²) < 4.78 is 0. The second-order valence-electron chi connectivity index (χ2n) is 4.82. The first-order valence-electron chi connectivity index (χ1n) is 7.68. The standard InChI is InChI=1S/C18H28O3/c1-2-3-4-5-6-7-8-9-10-11-14-17(19)15-12-13-16-18(20)21/h3-4,6-7,9-11,14,17,19H,2,5,8,12-13,15-16H2,1H3,(H,20,21)/p-1/b4-3-,7-6-,10-9-,14-11-. The number of hydrogen-bond acceptors (Lipinski definition) is 3. The minimum absolute atomic E-state index is 0.0656. The molecule has 0 amide bonds. The highest BCUT2D eigenvalue weighted by atomic mass is 16.4. The molecule has 1 atom stereocenters. The SMILES string of the molecule is CC/C=C\C/C=C\C/C=C\C=C/C(O)CCCCC(=O)[O-]. The molecular formula is C18H27O3-. The average Bonchev–Trinajstić information content (AvgIpc) is 2.45. The number of aliphatic hydroxyl groups excluding tert-OH is 1. The maximum absolute atomic E-state index is 10.2. The zero-order valence-corrected chi connectivity index (χ0v) is 12.9. The molecule has 0 radical (unpaired) electrons. The van der Waals surface area contributed by atoms with E-state index in [9.17, 15) is 15.0 Å². The molecule has 1 N–H and O–H groups in total. The van der Waals surface area contributed by atoms with Crippen LogP contribution in [-0.2, 0) is 4.79 Å². The van der Waals surface area contributed by atoms with Gasteiger partial charge < -0.3 is 15.0 Å². The number of carboxylic acid groups (broad SMARTS) is 1. The summed E-state index contributed by atoms with van der Waals surface area (Å²) in [7, 11) is 0. The zero-order chi connectivity index (χ0) is 15.8. The lowest BCUT2D eigenvalue weighted by Gasteiger charge is -2.05. The number of aliphatic hydroxyl groups is 1. The average molecular weight is 291 g/mol. The molecule has 0 aromatic rings. The van der Waals surface area contributed by atoms with Crippen LogP contribution in [0.4, 0.5) is 0 Å². The number of carboxylic acids is 1. The fourth-order valence-corrected chi connectivity index (χ4v) is 1.68. The lowest BCUT2D eigenvalue weighted by Crippen LogP contribution is -2.21. The van der Waals surface area contributed by atoms with Crippen LogP contribution in [0.2, 0.25) is 0 Å². The van der Waals surface area contributed by atoms with E-state index in [1.807, 2.05) is 18.2 Å². The number of carbonyl (C=O) groups excluding carboxylic acids is 1. The van der Waals surface area contributed by atoms with Crippen molar-refractivity contribution in [3.63, 3.8) is 0 Å². The Morgan fingerprint density at radius 1 is 1.05 bits per heavy atom. The molecule has 0 aromatic carbocycles. The van der Waals surface area contributed by atoms with Gasteiger partial charge in [0.15, 0.2) is 0 Å². The highest BCUT2D eigenvalue weighted by Crippen LogP contribution is 2.04. The smallest absolute Gasteiger partial charge is 0.0723 e. The van der Waals surface area contributed by atoms with E-state index in [0.717, 1.165) is 19.3 Å². The highest BCUT2D eigenvalue weighted by Gasteiger charge is 1.97. The molecule has 0 aliphatic carbocycles. The van der Waals surface area contributed by atoms with Gasteiger partial charge in [-0.05, 0) is 38.5 Å². The Balaban J connectivity index is 3.61. The van der Waals surface area contributed by atoms with Crippen molar-refractivity contribution in [2.24, 2.45) is 0 Å². The lowest BCUT2D eigenvalue weighted by molar-refractivity contribution is -0.305. The Morgan fingerprint density at radius 2 is 1.71 bits per heavy atom. The Kier molecular flexibility index (Phi) is 13.7. The van der Waals surface area contributed by atoms with Gasteiger partial charge in [-0.15, -0.1) is 0 Å². The first kappa shape index (κ1) is 19.4. The topological polar surface area (TPSA) is 60.4 Å². The Bertz CT molecular complexity index is 365. The summed E-state index contributed by atoms with van der Waals surface area (Å²) >= 11 is 0. The van der Waals surface area contributed by atoms with Gasteiger partial charge >= 0.3 is 0 Å². The Labute approximate surface area is 128 Å². The molecule has 0 aliphatic heterocycles. The maximum atomic E-state index is 10.2. The minimum atomic E-state index is -1.03. The van der Waals surface area contributed by atoms with Crippen molar-refractivity contribution >= 4 is 5.97 Å². The van der Waals surface area contributed by atoms with Gasteiger partial charge in [0, 0.05) is 5.97 Å². The van der Waals surface area contributed by atoms with E-state index in [1.165, 1.54) is 0 Å². The van der Waals surface area contributed by atoms with Crippen LogP contribution in [-0.4, -0.2) is 17.2 Å². The number of unbranched alkanes of at least 4 members (excludes halogenated alkanes) is 1. The third-order valence-electron chi connectivity index (χ3n) is 2.82. The fourth-order valence-electron chi connectivity index (χ4n) is 1.68. The van der Waals surface area contributed by atoms with Gasteiger partial charge in [-0.3, -0.25) is 0 Å². The van der Waals surface area contributed by atoms with Crippen molar-refractivity contribution in [1.82, 2.24) is 0 Å². The summed E-state index contributed by atoms with van der Waals surface area (Å²) in [5.41, 5.74) is 0. The van der Waals surface area contributed by atoms with E-state index in [2.05, 4.69) is 31.2 Å². The zero-order valence-electron chi connectivity index (χ0n) is 12.9. The summed E-state index contributed by atoms with van der Waals surface area (Å²) in [6.45, 7) is 2.12. The molecule has 3 nitrogen and oxygen atoms in total. The lowest BCUT2D eigenvalue weighted by atomic mass is 10.1. The van der Waals surface area contributed by atoms with Gasteiger partial charge in [-0.2, -0.15) is 0 Å². The predicted octanol–water partition coefficient (Wildman–Crippen LogP) is 3.07. The van der Waals surface area contributed by atoms with Gasteiger partial charge in [0.2, 0.25) is 0 Å². The highest BCUT2D eigenvalue weighted by molar-refractivity contribution is 5.64. The molecule has 0 saturated heterocycles. The summed E-state index contributed by atoms with van der Waals surface area (Å²) in [6.07, 6.45) is 20.4. The third-order valence-corrected chi connectivity index (χ3v) is 2.82. The number of aliphatic carboxylic acids is 1. The van der Waals surface area contributed by atoms with Gasteiger partial charge in [0.25, 0.3) is 0 Å². The van der Waals surface area contributed by atoms with E-state index in [0.29, 0.717) is 19.3 Å². The first-order valence-corrected chi connectivity index (χ1v) is 7.68. The van der Waals surface area contributed by atoms with Gasteiger partial charge in [0.05, 0.1) is 6.10 Å². The van der Waals surface area contributed by atoms with Crippen molar-refractivity contribution in [1.29, 1.82) is 0 Å². The maximum Gasteiger partial charge on any atom is 0.0723 e. The molecule has 0 heterocycles. The molecule has 0 rings (SSSR count). The summed E-state index contributed by atoms with van der Waals surface area (Å²) in [5.74, 6) is -1.03. The molecule has 0 bridgehead atoms. The Morgan fingerprint density at radius 3 is 2.38 bits per heavy atom. The van der Waals surface area contributed by atoms with Crippen LogP contribution in [0.3, 0.4) is 0 Å². The minimum Gasteiger partial charge on any atom is -0.550 e. The monoisotopic (exact) mass is 291 g/mol. The summed E-state index contributed by atoms with van der Waals surface area (Å²) in [5, 5.41) is 19.8.